The first-order chi connectivity index (χ1) is 16.6. The standard InChI is InChI=1S/C27H23N5O2/c1-2-6-23(33)31-14-13-21(15-31)32-16-22(24-26(28)29-17-30-27(24)32)18-9-11-20(12-10-18)25(34)19-7-4-3-5-8-19/h3-5,7-12,16-17,21H,13-15H2,1H3,(H2,28,29,30). The molecule has 1 aliphatic rings. The summed E-state index contributed by atoms with van der Waals surface area (Å²) in [5, 5.41) is 0.766. The van der Waals surface area contributed by atoms with Crippen molar-refractivity contribution < 1.29 is 9.59 Å². The van der Waals surface area contributed by atoms with E-state index in [1.807, 2.05) is 60.8 Å². The summed E-state index contributed by atoms with van der Waals surface area (Å²) in [7, 11) is 0. The van der Waals surface area contributed by atoms with Gasteiger partial charge in [-0.05, 0) is 24.8 Å². The van der Waals surface area contributed by atoms with Gasteiger partial charge in [0.2, 0.25) is 0 Å². The third-order valence-electron chi connectivity index (χ3n) is 6.21. The number of fused-ring (bicyclic) bond motifs is 1. The summed E-state index contributed by atoms with van der Waals surface area (Å²) < 4.78 is 2.08. The summed E-state index contributed by atoms with van der Waals surface area (Å²) in [5.41, 5.74) is 10.1. The predicted molar refractivity (Wildman–Crippen MR) is 131 cm³/mol. The van der Waals surface area contributed by atoms with Crippen molar-refractivity contribution in [3.63, 3.8) is 0 Å². The topological polar surface area (TPSA) is 94.1 Å². The molecule has 1 amide bonds. The van der Waals surface area contributed by atoms with Gasteiger partial charge in [-0.3, -0.25) is 9.59 Å². The van der Waals surface area contributed by atoms with Crippen molar-refractivity contribution in [1.82, 2.24) is 19.4 Å². The molecule has 3 heterocycles. The highest BCUT2D eigenvalue weighted by Gasteiger charge is 2.29. The van der Waals surface area contributed by atoms with Crippen molar-refractivity contribution in [3.8, 4) is 23.0 Å². The number of hydrogen-bond acceptors (Lipinski definition) is 5. The Labute approximate surface area is 197 Å². The van der Waals surface area contributed by atoms with Crippen LogP contribution in [-0.4, -0.2) is 44.2 Å². The summed E-state index contributed by atoms with van der Waals surface area (Å²) in [6, 6.07) is 16.8. The van der Waals surface area contributed by atoms with E-state index < -0.39 is 0 Å². The number of amides is 1. The molecule has 2 aromatic heterocycles. The molecular formula is C27H23N5O2. The predicted octanol–water partition coefficient (Wildman–Crippen LogP) is 3.71. The number of hydrogen-bond donors (Lipinski definition) is 1. The molecule has 0 aliphatic carbocycles. The fourth-order valence-corrected chi connectivity index (χ4v) is 4.50. The van der Waals surface area contributed by atoms with E-state index >= 15 is 0 Å². The molecule has 0 saturated carbocycles. The van der Waals surface area contributed by atoms with E-state index in [2.05, 4.69) is 26.4 Å². The van der Waals surface area contributed by atoms with Gasteiger partial charge >= 0.3 is 0 Å². The molecule has 4 aromatic rings. The highest BCUT2D eigenvalue weighted by atomic mass is 16.2. The molecule has 1 aliphatic heterocycles. The number of nitrogen functional groups attached to an aromatic ring is 1. The van der Waals surface area contributed by atoms with Gasteiger partial charge in [0.25, 0.3) is 5.91 Å². The fraction of sp³-hybridized carbons (Fsp3) is 0.185. The van der Waals surface area contributed by atoms with E-state index in [4.69, 9.17) is 5.73 Å². The third kappa shape index (κ3) is 3.80. The highest BCUT2D eigenvalue weighted by Crippen LogP contribution is 2.36. The number of carbonyl (C=O) groups is 2. The van der Waals surface area contributed by atoms with Gasteiger partial charge in [-0.2, -0.15) is 0 Å². The van der Waals surface area contributed by atoms with Gasteiger partial charge in [-0.25, -0.2) is 9.97 Å². The number of likely N-dealkylation sites (tertiary alicyclic amines) is 1. The lowest BCUT2D eigenvalue weighted by Crippen LogP contribution is -2.27. The van der Waals surface area contributed by atoms with Gasteiger partial charge in [0, 0.05) is 36.0 Å². The van der Waals surface area contributed by atoms with Crippen LogP contribution in [0.2, 0.25) is 0 Å². The van der Waals surface area contributed by atoms with Crippen LogP contribution in [0, 0.1) is 11.8 Å². The molecule has 0 radical (unpaired) electrons. The summed E-state index contributed by atoms with van der Waals surface area (Å²) in [6.07, 6.45) is 4.28. The molecule has 0 spiro atoms. The van der Waals surface area contributed by atoms with Crippen LogP contribution >= 0.6 is 0 Å². The molecule has 1 saturated heterocycles. The van der Waals surface area contributed by atoms with Crippen LogP contribution < -0.4 is 5.73 Å². The van der Waals surface area contributed by atoms with Crippen LogP contribution in [0.15, 0.2) is 67.1 Å². The smallest absolute Gasteiger partial charge is 0.298 e. The number of rotatable bonds is 4. The molecule has 1 fully saturated rings. The Kier molecular flexibility index (Phi) is 5.56. The molecule has 1 atom stereocenters. The lowest BCUT2D eigenvalue weighted by atomic mass is 9.99. The van der Waals surface area contributed by atoms with E-state index in [1.54, 1.807) is 11.8 Å². The van der Waals surface area contributed by atoms with Gasteiger partial charge in [-0.15, -0.1) is 0 Å². The van der Waals surface area contributed by atoms with Crippen LogP contribution in [0.1, 0.15) is 35.3 Å². The van der Waals surface area contributed by atoms with Crippen LogP contribution in [0.5, 0.6) is 0 Å². The molecule has 168 valence electrons. The summed E-state index contributed by atoms with van der Waals surface area (Å²) >= 11 is 0. The molecule has 2 N–H and O–H groups in total. The normalized spacial score (nSPS) is 15.2. The summed E-state index contributed by atoms with van der Waals surface area (Å²) in [5.74, 6) is 5.50. The number of benzene rings is 2. The first kappa shape index (κ1) is 21.4. The quantitative estimate of drug-likeness (QED) is 0.379. The number of ketones is 1. The minimum atomic E-state index is -0.158. The maximum absolute atomic E-state index is 12.8. The Balaban J connectivity index is 1.50. The Morgan fingerprint density at radius 3 is 2.50 bits per heavy atom. The minimum absolute atomic E-state index is 0.0247. The van der Waals surface area contributed by atoms with Crippen molar-refractivity contribution in [2.75, 3.05) is 18.8 Å². The molecular weight excluding hydrogens is 426 g/mol. The molecule has 7 heteroatoms. The number of carbonyl (C=O) groups excluding carboxylic acids is 2. The lowest BCUT2D eigenvalue weighted by Gasteiger charge is -2.15. The maximum Gasteiger partial charge on any atom is 0.298 e. The van der Waals surface area contributed by atoms with Crippen molar-refractivity contribution >= 4 is 28.5 Å². The summed E-state index contributed by atoms with van der Waals surface area (Å²) in [4.78, 5) is 35.5. The van der Waals surface area contributed by atoms with Crippen LogP contribution in [-0.2, 0) is 4.79 Å². The van der Waals surface area contributed by atoms with E-state index in [0.717, 1.165) is 28.6 Å². The van der Waals surface area contributed by atoms with Gasteiger partial charge in [0.1, 0.15) is 17.8 Å². The molecule has 1 unspecified atom stereocenters. The number of nitrogens with zero attached hydrogens (tertiary/aromatic N) is 4. The van der Waals surface area contributed by atoms with Crippen LogP contribution in [0.3, 0.4) is 0 Å². The van der Waals surface area contributed by atoms with E-state index in [0.29, 0.717) is 30.0 Å². The van der Waals surface area contributed by atoms with Gasteiger partial charge in [0.15, 0.2) is 5.78 Å². The maximum atomic E-state index is 12.8. The van der Waals surface area contributed by atoms with Crippen molar-refractivity contribution in [2.24, 2.45) is 0 Å². The zero-order chi connectivity index (χ0) is 23.7. The molecule has 5 rings (SSSR count). The van der Waals surface area contributed by atoms with E-state index in [1.165, 1.54) is 6.33 Å². The molecule has 34 heavy (non-hydrogen) atoms. The average Bonchev–Trinajstić information content (AvgIpc) is 3.50. The van der Waals surface area contributed by atoms with Crippen LogP contribution in [0.25, 0.3) is 22.2 Å². The molecule has 2 aromatic carbocycles. The Hall–Kier alpha value is -4.44. The Morgan fingerprint density at radius 2 is 1.76 bits per heavy atom. The lowest BCUT2D eigenvalue weighted by molar-refractivity contribution is -0.124. The zero-order valence-corrected chi connectivity index (χ0v) is 18.7. The zero-order valence-electron chi connectivity index (χ0n) is 18.7. The number of nitrogens with two attached hydrogens (primary N) is 1. The molecule has 7 nitrogen and oxygen atoms in total. The van der Waals surface area contributed by atoms with Gasteiger partial charge < -0.3 is 15.2 Å². The number of anilines is 1. The second kappa shape index (κ2) is 8.83. The largest absolute Gasteiger partial charge is 0.383 e. The highest BCUT2D eigenvalue weighted by molar-refractivity contribution is 6.09. The van der Waals surface area contributed by atoms with E-state index in [-0.39, 0.29) is 17.7 Å². The first-order valence-corrected chi connectivity index (χ1v) is 11.1. The summed E-state index contributed by atoms with van der Waals surface area (Å²) in [6.45, 7) is 2.87. The van der Waals surface area contributed by atoms with E-state index in [9.17, 15) is 9.59 Å². The fourth-order valence-electron chi connectivity index (χ4n) is 4.50. The second-order valence-corrected chi connectivity index (χ2v) is 8.25. The molecule has 0 bridgehead atoms. The Bertz CT molecular complexity index is 1450. The Morgan fingerprint density at radius 1 is 1.03 bits per heavy atom. The third-order valence-corrected chi connectivity index (χ3v) is 6.21. The second-order valence-electron chi connectivity index (χ2n) is 8.25. The first-order valence-electron chi connectivity index (χ1n) is 11.1. The van der Waals surface area contributed by atoms with Crippen molar-refractivity contribution in [1.29, 1.82) is 0 Å². The minimum Gasteiger partial charge on any atom is -0.383 e. The average molecular weight is 450 g/mol. The van der Waals surface area contributed by atoms with Gasteiger partial charge in [-0.1, -0.05) is 60.5 Å². The SMILES string of the molecule is CC#CC(=O)N1CCC(n2cc(-c3ccc(C(=O)c4ccccc4)cc3)c3c(N)ncnc32)C1. The van der Waals surface area contributed by atoms with Crippen LogP contribution in [0.4, 0.5) is 5.82 Å². The monoisotopic (exact) mass is 449 g/mol. The number of aromatic nitrogens is 3. The van der Waals surface area contributed by atoms with Gasteiger partial charge in [0.05, 0.1) is 11.4 Å². The van der Waals surface area contributed by atoms with Crippen molar-refractivity contribution in [2.45, 2.75) is 19.4 Å². The van der Waals surface area contributed by atoms with Crippen molar-refractivity contribution in [3.05, 3.63) is 78.2 Å².